The summed E-state index contributed by atoms with van der Waals surface area (Å²) in [6.07, 6.45) is 2.20. The molecule has 3 aliphatic heterocycles. The van der Waals surface area contributed by atoms with E-state index in [2.05, 4.69) is 18.7 Å². The second kappa shape index (κ2) is 3.62. The minimum atomic E-state index is 0.398. The lowest BCUT2D eigenvalue weighted by Gasteiger charge is -2.11. The van der Waals surface area contributed by atoms with Crippen molar-refractivity contribution in [1.82, 2.24) is 0 Å². The highest BCUT2D eigenvalue weighted by molar-refractivity contribution is 5.30. The zero-order valence-electron chi connectivity index (χ0n) is 7.40. The highest BCUT2D eigenvalue weighted by Crippen LogP contribution is 2.19. The average Bonchev–Trinajstić information content (AvgIpc) is 3.05. The van der Waals surface area contributed by atoms with Gasteiger partial charge in [0.1, 0.15) is 12.4 Å². The molecule has 0 amide bonds. The van der Waals surface area contributed by atoms with E-state index in [0.29, 0.717) is 6.10 Å². The van der Waals surface area contributed by atoms with Gasteiger partial charge in [-0.15, -0.1) is 6.58 Å². The van der Waals surface area contributed by atoms with Crippen molar-refractivity contribution in [2.75, 3.05) is 6.61 Å². The molecule has 68 valence electrons. The Balaban J connectivity index is 0.000000113. The van der Waals surface area contributed by atoms with Gasteiger partial charge in [0.15, 0.2) is 0 Å². The molecule has 1 fully saturated rings. The van der Waals surface area contributed by atoms with E-state index in [0.717, 1.165) is 19.0 Å². The van der Waals surface area contributed by atoms with Crippen molar-refractivity contribution in [3.63, 3.8) is 0 Å². The standard InChI is InChI=1S/C7H6O.C4H6O/c1-3-7-4-2-6(1)5-8-7;1-2-4-3-5-4/h1-4H,5H2;2,4H,1,3H2. The molecule has 1 atom stereocenters. The van der Waals surface area contributed by atoms with Crippen LogP contribution in [0.3, 0.4) is 0 Å². The monoisotopic (exact) mass is 176 g/mol. The van der Waals surface area contributed by atoms with Crippen LogP contribution in [0.25, 0.3) is 0 Å². The van der Waals surface area contributed by atoms with Crippen LogP contribution >= 0.6 is 0 Å². The molecule has 3 heterocycles. The van der Waals surface area contributed by atoms with Gasteiger partial charge in [-0.1, -0.05) is 18.2 Å². The van der Waals surface area contributed by atoms with Gasteiger partial charge in [0.05, 0.1) is 12.7 Å². The summed E-state index contributed by atoms with van der Waals surface area (Å²) in [7, 11) is 0. The van der Waals surface area contributed by atoms with E-state index in [1.807, 2.05) is 12.1 Å². The van der Waals surface area contributed by atoms with Crippen LogP contribution in [0, 0.1) is 0 Å². The predicted octanol–water partition coefficient (Wildman–Crippen LogP) is 2.15. The summed E-state index contributed by atoms with van der Waals surface area (Å²) in [5, 5.41) is 0. The second-order valence-corrected chi connectivity index (χ2v) is 3.04. The lowest BCUT2D eigenvalue weighted by molar-refractivity contribution is 0.295. The minimum absolute atomic E-state index is 0.398. The van der Waals surface area contributed by atoms with Crippen molar-refractivity contribution in [2.24, 2.45) is 0 Å². The highest BCUT2D eigenvalue weighted by Gasteiger charge is 2.16. The Morgan fingerprint density at radius 2 is 2.00 bits per heavy atom. The molecule has 2 bridgehead atoms. The zero-order valence-corrected chi connectivity index (χ0v) is 7.40. The third-order valence-electron chi connectivity index (χ3n) is 1.95. The first-order valence-corrected chi connectivity index (χ1v) is 4.34. The Morgan fingerprint density at radius 3 is 2.08 bits per heavy atom. The molecule has 1 saturated heterocycles. The summed E-state index contributed by atoms with van der Waals surface area (Å²) in [5.74, 6) is 0.986. The Hall–Kier alpha value is -1.28. The molecule has 0 radical (unpaired) electrons. The number of hydrogen-bond donors (Lipinski definition) is 0. The van der Waals surface area contributed by atoms with Gasteiger partial charge in [0, 0.05) is 0 Å². The van der Waals surface area contributed by atoms with E-state index in [9.17, 15) is 0 Å². The fourth-order valence-electron chi connectivity index (χ4n) is 1.04. The number of hydrogen-bond acceptors (Lipinski definition) is 2. The van der Waals surface area contributed by atoms with Crippen LogP contribution in [-0.4, -0.2) is 12.7 Å². The normalized spacial score (nSPS) is 21.1. The third-order valence-corrected chi connectivity index (χ3v) is 1.95. The number of ether oxygens (including phenoxy) is 2. The van der Waals surface area contributed by atoms with Crippen LogP contribution in [0.5, 0.6) is 5.75 Å². The summed E-state index contributed by atoms with van der Waals surface area (Å²) in [4.78, 5) is 0. The van der Waals surface area contributed by atoms with Crippen molar-refractivity contribution in [1.29, 1.82) is 0 Å². The smallest absolute Gasteiger partial charge is 0.119 e. The third kappa shape index (κ3) is 2.33. The lowest BCUT2D eigenvalue weighted by atomic mass is 10.2. The van der Waals surface area contributed by atoms with Crippen molar-refractivity contribution < 1.29 is 9.47 Å². The number of fused-ring (bicyclic) bond motifs is 3. The molecule has 13 heavy (non-hydrogen) atoms. The molecule has 1 aromatic carbocycles. The molecule has 0 saturated carbocycles. The molecule has 0 spiro atoms. The second-order valence-electron chi connectivity index (χ2n) is 3.04. The lowest BCUT2D eigenvalue weighted by Crippen LogP contribution is -2.00. The summed E-state index contributed by atoms with van der Waals surface area (Å²) >= 11 is 0. The van der Waals surface area contributed by atoms with Crippen molar-refractivity contribution in [2.45, 2.75) is 12.7 Å². The van der Waals surface area contributed by atoms with Gasteiger partial charge in [0.2, 0.25) is 0 Å². The van der Waals surface area contributed by atoms with E-state index in [1.54, 1.807) is 6.08 Å². The van der Waals surface area contributed by atoms with E-state index in [4.69, 9.17) is 9.47 Å². The zero-order chi connectivity index (χ0) is 9.10. The van der Waals surface area contributed by atoms with Gasteiger partial charge < -0.3 is 9.47 Å². The van der Waals surface area contributed by atoms with Gasteiger partial charge in [-0.2, -0.15) is 0 Å². The molecular formula is C11H12O2. The Morgan fingerprint density at radius 1 is 1.31 bits per heavy atom. The first kappa shape index (κ1) is 8.32. The highest BCUT2D eigenvalue weighted by atomic mass is 16.6. The molecule has 0 N–H and O–H groups in total. The van der Waals surface area contributed by atoms with E-state index < -0.39 is 0 Å². The molecular weight excluding hydrogens is 164 g/mol. The van der Waals surface area contributed by atoms with E-state index >= 15 is 0 Å². The number of rotatable bonds is 1. The molecule has 2 heteroatoms. The van der Waals surface area contributed by atoms with Crippen LogP contribution in [0.1, 0.15) is 5.56 Å². The summed E-state index contributed by atoms with van der Waals surface area (Å²) in [6.45, 7) is 5.16. The Kier molecular flexibility index (Phi) is 2.32. The Labute approximate surface area is 77.8 Å². The molecule has 3 aliphatic rings. The fourth-order valence-corrected chi connectivity index (χ4v) is 1.04. The first-order valence-electron chi connectivity index (χ1n) is 4.34. The largest absolute Gasteiger partial charge is 0.489 e. The Bertz CT molecular complexity index is 262. The molecule has 0 aliphatic carbocycles. The van der Waals surface area contributed by atoms with E-state index in [1.165, 1.54) is 5.56 Å². The number of benzene rings is 1. The maximum atomic E-state index is 5.18. The van der Waals surface area contributed by atoms with Crippen molar-refractivity contribution >= 4 is 0 Å². The predicted molar refractivity (Wildman–Crippen MR) is 50.7 cm³/mol. The maximum absolute atomic E-state index is 5.18. The van der Waals surface area contributed by atoms with Crippen molar-refractivity contribution in [3.05, 3.63) is 42.5 Å². The van der Waals surface area contributed by atoms with Crippen LogP contribution in [0.15, 0.2) is 36.9 Å². The topological polar surface area (TPSA) is 21.8 Å². The van der Waals surface area contributed by atoms with E-state index in [-0.39, 0.29) is 0 Å². The summed E-state index contributed by atoms with van der Waals surface area (Å²) in [5.41, 5.74) is 1.26. The van der Waals surface area contributed by atoms with Gasteiger partial charge in [-0.3, -0.25) is 0 Å². The molecule has 1 unspecified atom stereocenters. The van der Waals surface area contributed by atoms with Crippen LogP contribution in [0.4, 0.5) is 0 Å². The van der Waals surface area contributed by atoms with Gasteiger partial charge in [-0.25, -0.2) is 0 Å². The molecule has 4 rings (SSSR count). The molecule has 2 nitrogen and oxygen atoms in total. The van der Waals surface area contributed by atoms with Gasteiger partial charge in [-0.05, 0) is 17.7 Å². The fraction of sp³-hybridized carbons (Fsp3) is 0.273. The maximum Gasteiger partial charge on any atom is 0.119 e. The quantitative estimate of drug-likeness (QED) is 0.483. The van der Waals surface area contributed by atoms with Crippen LogP contribution in [-0.2, 0) is 11.3 Å². The molecule has 0 aromatic heterocycles. The SMILES string of the molecule is C=CC1CO1.c1cc2ccc1CO2. The van der Waals surface area contributed by atoms with Gasteiger partial charge in [0.25, 0.3) is 0 Å². The first-order chi connectivity index (χ1) is 6.38. The van der Waals surface area contributed by atoms with Crippen LogP contribution < -0.4 is 4.74 Å². The number of epoxide rings is 1. The van der Waals surface area contributed by atoms with Gasteiger partial charge >= 0.3 is 0 Å². The summed E-state index contributed by atoms with van der Waals surface area (Å²) < 4.78 is 9.92. The minimum Gasteiger partial charge on any atom is -0.489 e. The average molecular weight is 176 g/mol. The van der Waals surface area contributed by atoms with Crippen LogP contribution in [0.2, 0.25) is 0 Å². The summed E-state index contributed by atoms with van der Waals surface area (Å²) in [6, 6.07) is 8.13. The molecule has 1 aromatic rings. The van der Waals surface area contributed by atoms with Crippen molar-refractivity contribution in [3.8, 4) is 5.75 Å².